The standard InChI is InChI=1S/C14H18N2O8S.ClH/c1-14(2,3)24-13(19)9(8-12(17)18)15-25(22,23)11-7-5-4-6-10(11)16(20)21;/h4-7,9,15H,8H2,1-3H3,(H,17,18);1H/t9-;/m0./s1. The quantitative estimate of drug-likeness (QED) is 0.389. The number of nitrogens with zero attached hydrogens (tertiary/aromatic N) is 1. The Kier molecular flexibility index (Phi) is 8.15. The lowest BCUT2D eigenvalue weighted by atomic mass is 10.1. The Morgan fingerprint density at radius 1 is 1.31 bits per heavy atom. The van der Waals surface area contributed by atoms with E-state index in [1.54, 1.807) is 0 Å². The molecule has 1 rings (SSSR count). The van der Waals surface area contributed by atoms with Gasteiger partial charge in [0, 0.05) is 6.07 Å². The van der Waals surface area contributed by atoms with E-state index in [4.69, 9.17) is 9.84 Å². The first-order valence-corrected chi connectivity index (χ1v) is 8.52. The van der Waals surface area contributed by atoms with Crippen molar-refractivity contribution in [3.05, 3.63) is 34.4 Å². The molecule has 0 aliphatic heterocycles. The molecule has 0 heterocycles. The van der Waals surface area contributed by atoms with E-state index in [-0.39, 0.29) is 12.4 Å². The molecule has 0 saturated heterocycles. The van der Waals surface area contributed by atoms with Crippen LogP contribution in [0, 0.1) is 10.1 Å². The van der Waals surface area contributed by atoms with Gasteiger partial charge in [0.25, 0.3) is 5.69 Å². The van der Waals surface area contributed by atoms with Crippen LogP contribution in [0.1, 0.15) is 27.2 Å². The summed E-state index contributed by atoms with van der Waals surface area (Å²) in [6, 6.07) is 2.77. The van der Waals surface area contributed by atoms with E-state index in [0.717, 1.165) is 12.1 Å². The molecule has 0 aromatic heterocycles. The number of ether oxygens (including phenoxy) is 1. The highest BCUT2D eigenvalue weighted by molar-refractivity contribution is 7.89. The fraction of sp³-hybridized carbons (Fsp3) is 0.429. The molecule has 26 heavy (non-hydrogen) atoms. The van der Waals surface area contributed by atoms with Gasteiger partial charge in [-0.2, -0.15) is 4.72 Å². The maximum absolute atomic E-state index is 12.4. The van der Waals surface area contributed by atoms with E-state index in [1.165, 1.54) is 32.9 Å². The molecule has 0 spiro atoms. The van der Waals surface area contributed by atoms with E-state index in [9.17, 15) is 28.1 Å². The summed E-state index contributed by atoms with van der Waals surface area (Å²) in [4.78, 5) is 32.4. The number of carboxylic acid groups (broad SMARTS) is 1. The maximum Gasteiger partial charge on any atom is 0.325 e. The Morgan fingerprint density at radius 3 is 2.31 bits per heavy atom. The second-order valence-electron chi connectivity index (χ2n) is 6.03. The Morgan fingerprint density at radius 2 is 1.85 bits per heavy atom. The summed E-state index contributed by atoms with van der Waals surface area (Å²) in [5.74, 6) is -2.54. The normalized spacial score (nSPS) is 12.6. The number of benzene rings is 1. The number of rotatable bonds is 7. The first-order chi connectivity index (χ1) is 11.3. The first kappa shape index (κ1) is 23.8. The molecule has 0 bridgehead atoms. The van der Waals surface area contributed by atoms with Crippen LogP contribution >= 0.6 is 12.4 Å². The molecule has 10 nitrogen and oxygen atoms in total. The number of nitro benzene ring substituents is 1. The van der Waals surface area contributed by atoms with Crippen molar-refractivity contribution in [1.29, 1.82) is 0 Å². The zero-order chi connectivity index (χ0) is 19.4. The van der Waals surface area contributed by atoms with Gasteiger partial charge in [0.1, 0.15) is 11.6 Å². The topological polar surface area (TPSA) is 153 Å². The van der Waals surface area contributed by atoms with Gasteiger partial charge < -0.3 is 9.84 Å². The second kappa shape index (κ2) is 8.92. The Bertz CT molecular complexity index is 788. The van der Waals surface area contributed by atoms with Crippen LogP contribution in [0.4, 0.5) is 5.69 Å². The summed E-state index contributed by atoms with van der Waals surface area (Å²) < 4.78 is 31.7. The van der Waals surface area contributed by atoms with Crippen LogP contribution in [0.2, 0.25) is 0 Å². The minimum atomic E-state index is -4.54. The molecular formula is C14H19ClN2O8S. The van der Waals surface area contributed by atoms with Crippen LogP contribution < -0.4 is 4.72 Å². The number of halogens is 1. The molecule has 0 unspecified atom stereocenters. The molecule has 1 aromatic carbocycles. The number of sulfonamides is 1. The van der Waals surface area contributed by atoms with Gasteiger partial charge in [0.05, 0.1) is 11.3 Å². The average molecular weight is 411 g/mol. The molecule has 12 heteroatoms. The van der Waals surface area contributed by atoms with Crippen molar-refractivity contribution >= 4 is 40.1 Å². The predicted octanol–water partition coefficient (Wildman–Crippen LogP) is 1.48. The molecule has 0 fully saturated rings. The van der Waals surface area contributed by atoms with Crippen LogP contribution in [0.3, 0.4) is 0 Å². The van der Waals surface area contributed by atoms with Gasteiger partial charge >= 0.3 is 11.9 Å². The molecule has 0 amide bonds. The summed E-state index contributed by atoms with van der Waals surface area (Å²) in [5.41, 5.74) is -1.67. The van der Waals surface area contributed by atoms with E-state index >= 15 is 0 Å². The third-order valence-corrected chi connectivity index (χ3v) is 4.24. The minimum Gasteiger partial charge on any atom is -0.481 e. The first-order valence-electron chi connectivity index (χ1n) is 7.04. The van der Waals surface area contributed by atoms with Crippen LogP contribution in [0.15, 0.2) is 29.2 Å². The molecule has 146 valence electrons. The number of aliphatic carboxylic acids is 1. The fourth-order valence-corrected chi connectivity index (χ4v) is 3.16. The smallest absolute Gasteiger partial charge is 0.325 e. The van der Waals surface area contributed by atoms with E-state index in [2.05, 4.69) is 0 Å². The van der Waals surface area contributed by atoms with Gasteiger partial charge in [0.2, 0.25) is 10.0 Å². The third-order valence-electron chi connectivity index (χ3n) is 2.72. The number of para-hydroxylation sites is 1. The molecular weight excluding hydrogens is 392 g/mol. The van der Waals surface area contributed by atoms with Crippen molar-refractivity contribution in [1.82, 2.24) is 4.72 Å². The molecule has 0 aliphatic carbocycles. The zero-order valence-electron chi connectivity index (χ0n) is 14.2. The molecule has 2 N–H and O–H groups in total. The van der Waals surface area contributed by atoms with Gasteiger partial charge in [-0.05, 0) is 26.8 Å². The van der Waals surface area contributed by atoms with Crippen molar-refractivity contribution < 1.29 is 32.8 Å². The average Bonchev–Trinajstić information content (AvgIpc) is 2.44. The number of nitrogens with one attached hydrogen (secondary N) is 1. The highest BCUT2D eigenvalue weighted by Gasteiger charge is 2.34. The monoisotopic (exact) mass is 410 g/mol. The van der Waals surface area contributed by atoms with Gasteiger partial charge in [-0.15, -0.1) is 12.4 Å². The van der Waals surface area contributed by atoms with E-state index < -0.39 is 55.5 Å². The summed E-state index contributed by atoms with van der Waals surface area (Å²) in [6.45, 7) is 4.58. The van der Waals surface area contributed by atoms with Crippen LogP contribution in [-0.4, -0.2) is 42.0 Å². The number of hydrogen-bond donors (Lipinski definition) is 2. The molecule has 1 atom stereocenters. The fourth-order valence-electron chi connectivity index (χ4n) is 1.81. The Balaban J connectivity index is 0.00000625. The van der Waals surface area contributed by atoms with Crippen molar-refractivity contribution in [3.8, 4) is 0 Å². The number of hydrogen-bond acceptors (Lipinski definition) is 7. The lowest BCUT2D eigenvalue weighted by molar-refractivity contribution is -0.387. The number of carbonyl (C=O) groups excluding carboxylic acids is 1. The Labute approximate surface area is 156 Å². The predicted molar refractivity (Wildman–Crippen MR) is 92.6 cm³/mol. The van der Waals surface area contributed by atoms with Crippen molar-refractivity contribution in [2.45, 2.75) is 43.7 Å². The molecule has 1 aromatic rings. The lowest BCUT2D eigenvalue weighted by Crippen LogP contribution is -2.45. The van der Waals surface area contributed by atoms with E-state index in [1.807, 2.05) is 4.72 Å². The van der Waals surface area contributed by atoms with Crippen LogP contribution in [0.25, 0.3) is 0 Å². The zero-order valence-corrected chi connectivity index (χ0v) is 15.8. The van der Waals surface area contributed by atoms with Gasteiger partial charge in [0.15, 0.2) is 4.90 Å². The number of esters is 1. The largest absolute Gasteiger partial charge is 0.481 e. The molecule has 0 aliphatic rings. The van der Waals surface area contributed by atoms with Crippen LogP contribution in [0.5, 0.6) is 0 Å². The summed E-state index contributed by atoms with van der Waals surface area (Å²) in [5, 5.41) is 19.9. The van der Waals surface area contributed by atoms with Crippen molar-refractivity contribution in [2.75, 3.05) is 0 Å². The van der Waals surface area contributed by atoms with Crippen molar-refractivity contribution in [2.24, 2.45) is 0 Å². The van der Waals surface area contributed by atoms with Crippen LogP contribution in [-0.2, 0) is 24.3 Å². The maximum atomic E-state index is 12.4. The number of nitro groups is 1. The summed E-state index contributed by atoms with van der Waals surface area (Å²) >= 11 is 0. The molecule has 0 radical (unpaired) electrons. The number of carboxylic acids is 1. The van der Waals surface area contributed by atoms with Gasteiger partial charge in [-0.25, -0.2) is 8.42 Å². The SMILES string of the molecule is CC(C)(C)OC(=O)[C@H](CC(=O)O)NS(=O)(=O)c1ccccc1[N+](=O)[O-].Cl. The third kappa shape index (κ3) is 6.94. The Hall–Kier alpha value is -2.24. The number of carbonyl (C=O) groups is 2. The summed E-state index contributed by atoms with van der Waals surface area (Å²) in [6.07, 6.45) is -0.880. The summed E-state index contributed by atoms with van der Waals surface area (Å²) in [7, 11) is -4.54. The second-order valence-corrected chi connectivity index (χ2v) is 7.71. The highest BCUT2D eigenvalue weighted by Crippen LogP contribution is 2.23. The lowest BCUT2D eigenvalue weighted by Gasteiger charge is -2.23. The van der Waals surface area contributed by atoms with Crippen molar-refractivity contribution in [3.63, 3.8) is 0 Å². The highest BCUT2D eigenvalue weighted by atomic mass is 35.5. The van der Waals surface area contributed by atoms with E-state index in [0.29, 0.717) is 0 Å². The minimum absolute atomic E-state index is 0. The van der Waals surface area contributed by atoms with Gasteiger partial charge in [-0.3, -0.25) is 19.7 Å². The molecule has 0 saturated carbocycles. The van der Waals surface area contributed by atoms with Gasteiger partial charge in [-0.1, -0.05) is 12.1 Å².